The van der Waals surface area contributed by atoms with Gasteiger partial charge in [-0.1, -0.05) is 12.1 Å². The lowest BCUT2D eigenvalue weighted by Gasteiger charge is -2.31. The van der Waals surface area contributed by atoms with E-state index in [-0.39, 0.29) is 28.7 Å². The molecule has 6 rings (SSSR count). The monoisotopic (exact) mass is 531 g/mol. The maximum atomic E-state index is 13.3. The Hall–Kier alpha value is -3.92. The summed E-state index contributed by atoms with van der Waals surface area (Å²) in [4.78, 5) is 48.7. The van der Waals surface area contributed by atoms with E-state index in [9.17, 15) is 14.4 Å². The van der Waals surface area contributed by atoms with E-state index in [2.05, 4.69) is 15.0 Å². The second-order valence-electron chi connectivity index (χ2n) is 10.4. The number of esters is 1. The van der Waals surface area contributed by atoms with Crippen LogP contribution in [0.25, 0.3) is 33.2 Å². The zero-order chi connectivity index (χ0) is 26.9. The number of aromatic amines is 2. The van der Waals surface area contributed by atoms with Gasteiger partial charge in [0.05, 0.1) is 35.6 Å². The highest BCUT2D eigenvalue weighted by Crippen LogP contribution is 2.30. The molecule has 2 aromatic carbocycles. The normalized spacial score (nSPS) is 18.3. The summed E-state index contributed by atoms with van der Waals surface area (Å²) in [5, 5.41) is 3.75. The summed E-state index contributed by atoms with van der Waals surface area (Å²) < 4.78 is 13.1. The summed E-state index contributed by atoms with van der Waals surface area (Å²) in [7, 11) is 0. The Morgan fingerprint density at radius 2 is 2.05 bits per heavy atom. The summed E-state index contributed by atoms with van der Waals surface area (Å²) in [6.45, 7) is 5.45. The highest BCUT2D eigenvalue weighted by atomic mass is 16.5. The molecule has 2 N–H and O–H groups in total. The Labute approximate surface area is 224 Å². The molecule has 0 spiro atoms. The van der Waals surface area contributed by atoms with Crippen LogP contribution < -0.4 is 15.9 Å². The maximum absolute atomic E-state index is 13.3. The number of hydrogen-bond acceptors (Lipinski definition) is 7. The summed E-state index contributed by atoms with van der Waals surface area (Å²) in [6.07, 6.45) is 4.34. The number of H-pyrrole nitrogens is 2. The quantitative estimate of drug-likeness (QED) is 0.386. The molecular formula is C29H33N5O5. The van der Waals surface area contributed by atoms with Gasteiger partial charge in [-0.15, -0.1) is 0 Å². The summed E-state index contributed by atoms with van der Waals surface area (Å²) in [5.41, 5.74) is 3.16. The lowest BCUT2D eigenvalue weighted by Crippen LogP contribution is -2.38. The van der Waals surface area contributed by atoms with Crippen LogP contribution in [0.2, 0.25) is 0 Å². The van der Waals surface area contributed by atoms with Crippen molar-refractivity contribution in [1.29, 1.82) is 0 Å². The number of nitrogens with one attached hydrogen (secondary N) is 2. The molecule has 10 heteroatoms. The van der Waals surface area contributed by atoms with Crippen molar-refractivity contribution in [1.82, 2.24) is 24.6 Å². The lowest BCUT2D eigenvalue weighted by atomic mass is 9.97. The van der Waals surface area contributed by atoms with Gasteiger partial charge in [0.1, 0.15) is 17.0 Å². The molecule has 4 aromatic rings. The van der Waals surface area contributed by atoms with Gasteiger partial charge in [-0.05, 0) is 69.3 Å². The molecule has 0 amide bonds. The third-order valence-corrected chi connectivity index (χ3v) is 7.68. The highest BCUT2D eigenvalue weighted by molar-refractivity contribution is 5.93. The number of nitrogens with zero attached hydrogens (tertiary/aromatic N) is 3. The number of piperidine rings is 1. The standard InChI is InChI=1S/C29H33N5O5/c1-2-38-29(37)19-8-7-11-33(17-19)16-18-14-22-26-23(15-18)39-13-5-3-4-12-34-28(36)21-10-6-9-20(24(21)32-34)25(31-26)27(35)30-22/h6,9-10,14-15,19,32H,2-5,7-8,11-13,16-17H2,1H3,(H,30,35). The van der Waals surface area contributed by atoms with Crippen LogP contribution in [0, 0.1) is 5.92 Å². The molecule has 1 atom stereocenters. The smallest absolute Gasteiger partial charge is 0.310 e. The van der Waals surface area contributed by atoms with Crippen molar-refractivity contribution in [3.8, 4) is 17.0 Å². The topological polar surface area (TPSA) is 122 Å². The number of aryl methyl sites for hydroxylation is 1. The number of para-hydroxylation sites is 1. The molecular weight excluding hydrogens is 498 g/mol. The minimum atomic E-state index is -0.334. The molecule has 1 saturated heterocycles. The number of fused-ring (bicyclic) bond motifs is 3. The number of likely N-dealkylation sites (tertiary alicyclic amines) is 1. The van der Waals surface area contributed by atoms with Crippen molar-refractivity contribution in [3.63, 3.8) is 0 Å². The molecule has 4 bridgehead atoms. The fourth-order valence-corrected chi connectivity index (χ4v) is 5.78. The first-order valence-corrected chi connectivity index (χ1v) is 13.8. The Morgan fingerprint density at radius 1 is 1.15 bits per heavy atom. The van der Waals surface area contributed by atoms with E-state index in [0.29, 0.717) is 66.1 Å². The number of ether oxygens (including phenoxy) is 2. The fraction of sp³-hybridized carbons (Fsp3) is 0.448. The molecule has 0 saturated carbocycles. The van der Waals surface area contributed by atoms with Crippen LogP contribution in [-0.4, -0.2) is 56.9 Å². The van der Waals surface area contributed by atoms with Gasteiger partial charge in [-0.25, -0.2) is 4.98 Å². The number of benzene rings is 2. The number of aromatic nitrogens is 4. The van der Waals surface area contributed by atoms with Gasteiger partial charge in [0.25, 0.3) is 11.1 Å². The van der Waals surface area contributed by atoms with Crippen molar-refractivity contribution in [2.45, 2.75) is 52.1 Å². The third-order valence-electron chi connectivity index (χ3n) is 7.68. The summed E-state index contributed by atoms with van der Waals surface area (Å²) >= 11 is 0. The van der Waals surface area contributed by atoms with E-state index in [1.807, 2.05) is 25.1 Å². The van der Waals surface area contributed by atoms with E-state index in [1.165, 1.54) is 0 Å². The van der Waals surface area contributed by atoms with Crippen LogP contribution in [0.5, 0.6) is 5.75 Å². The molecule has 2 aliphatic heterocycles. The highest BCUT2D eigenvalue weighted by Gasteiger charge is 2.27. The molecule has 4 heterocycles. The number of rotatable bonds is 4. The summed E-state index contributed by atoms with van der Waals surface area (Å²) in [6, 6.07) is 9.30. The van der Waals surface area contributed by atoms with Crippen molar-refractivity contribution in [2.75, 3.05) is 26.3 Å². The fourth-order valence-electron chi connectivity index (χ4n) is 5.78. The number of hydrogen-bond donors (Lipinski definition) is 2. The average molecular weight is 532 g/mol. The predicted molar refractivity (Wildman–Crippen MR) is 148 cm³/mol. The Bertz CT molecular complexity index is 1650. The molecule has 1 fully saturated rings. The van der Waals surface area contributed by atoms with Gasteiger partial charge in [-0.2, -0.15) is 0 Å². The average Bonchev–Trinajstić information content (AvgIpc) is 3.25. The predicted octanol–water partition coefficient (Wildman–Crippen LogP) is 3.57. The van der Waals surface area contributed by atoms with Crippen molar-refractivity contribution in [2.24, 2.45) is 5.92 Å². The van der Waals surface area contributed by atoms with Crippen LogP contribution in [0.3, 0.4) is 0 Å². The molecule has 0 aliphatic carbocycles. The zero-order valence-corrected chi connectivity index (χ0v) is 22.1. The van der Waals surface area contributed by atoms with Crippen LogP contribution in [-0.2, 0) is 22.6 Å². The SMILES string of the molecule is CCOC(=O)C1CCCN(Cc2cc3c4nc(c(=O)[nH]c4c2)-c2cccc4c(=O)n([nH]c24)CCCCCO3)C1. The number of carbonyl (C=O) groups excluding carboxylic acids is 1. The first-order valence-electron chi connectivity index (χ1n) is 13.8. The largest absolute Gasteiger partial charge is 0.491 e. The first-order chi connectivity index (χ1) is 19.0. The molecule has 0 radical (unpaired) electrons. The molecule has 2 aromatic heterocycles. The minimum absolute atomic E-state index is 0.0940. The Morgan fingerprint density at radius 3 is 2.92 bits per heavy atom. The number of carbonyl (C=O) groups is 1. The van der Waals surface area contributed by atoms with Crippen molar-refractivity contribution < 1.29 is 14.3 Å². The van der Waals surface area contributed by atoms with Crippen LogP contribution in [0.1, 0.15) is 44.6 Å². The zero-order valence-electron chi connectivity index (χ0n) is 22.1. The molecule has 1 unspecified atom stereocenters. The minimum Gasteiger partial charge on any atom is -0.491 e. The van der Waals surface area contributed by atoms with Crippen LogP contribution in [0.15, 0.2) is 39.9 Å². The molecule has 39 heavy (non-hydrogen) atoms. The van der Waals surface area contributed by atoms with Gasteiger partial charge in [0.15, 0.2) is 0 Å². The molecule has 204 valence electrons. The summed E-state index contributed by atoms with van der Waals surface area (Å²) in [5.74, 6) is 0.362. The van der Waals surface area contributed by atoms with Crippen molar-refractivity contribution >= 4 is 27.9 Å². The van der Waals surface area contributed by atoms with E-state index < -0.39 is 0 Å². The van der Waals surface area contributed by atoms with E-state index in [1.54, 1.807) is 16.8 Å². The van der Waals surface area contributed by atoms with E-state index in [4.69, 9.17) is 14.5 Å². The van der Waals surface area contributed by atoms with Gasteiger partial charge < -0.3 is 14.5 Å². The van der Waals surface area contributed by atoms with Gasteiger partial charge in [-0.3, -0.25) is 29.1 Å². The van der Waals surface area contributed by atoms with Gasteiger partial charge in [0, 0.05) is 25.2 Å². The first kappa shape index (κ1) is 25.4. The third kappa shape index (κ3) is 4.96. The molecule has 2 aliphatic rings. The Kier molecular flexibility index (Phi) is 6.95. The second-order valence-corrected chi connectivity index (χ2v) is 10.4. The van der Waals surface area contributed by atoms with Crippen LogP contribution in [0.4, 0.5) is 0 Å². The lowest BCUT2D eigenvalue weighted by molar-refractivity contribution is -0.150. The van der Waals surface area contributed by atoms with Gasteiger partial charge in [0.2, 0.25) is 0 Å². The Balaban J connectivity index is 1.41. The van der Waals surface area contributed by atoms with E-state index >= 15 is 0 Å². The second kappa shape index (κ2) is 10.7. The maximum Gasteiger partial charge on any atom is 0.310 e. The van der Waals surface area contributed by atoms with Gasteiger partial charge >= 0.3 is 5.97 Å². The molecule has 10 nitrogen and oxygen atoms in total. The van der Waals surface area contributed by atoms with Crippen molar-refractivity contribution in [3.05, 3.63) is 56.6 Å². The van der Waals surface area contributed by atoms with E-state index in [0.717, 1.165) is 44.2 Å². The van der Waals surface area contributed by atoms with Crippen LogP contribution >= 0.6 is 0 Å².